The molecule has 1 heteroatoms. The number of hydrogen-bond donors (Lipinski definition) is 0. The topological polar surface area (TPSA) is 0 Å². The second-order valence-corrected chi connectivity index (χ2v) is 12.8. The highest BCUT2D eigenvalue weighted by molar-refractivity contribution is 6.83. The summed E-state index contributed by atoms with van der Waals surface area (Å²) in [6.45, 7) is 16.5. The van der Waals surface area contributed by atoms with Crippen LogP contribution in [0.15, 0.2) is 41.1 Å². The molecule has 108 valence electrons. The molecule has 1 aliphatic carbocycles. The summed E-state index contributed by atoms with van der Waals surface area (Å²) in [5, 5.41) is 1.62. The fraction of sp³-hybridized carbons (Fsp3) is 0.474. The Bertz CT molecular complexity index is 580. The lowest BCUT2D eigenvalue weighted by atomic mass is 9.75. The molecule has 0 nitrogen and oxygen atoms in total. The van der Waals surface area contributed by atoms with Crippen molar-refractivity contribution in [3.8, 4) is 0 Å². The molecule has 0 saturated carbocycles. The zero-order valence-corrected chi connectivity index (χ0v) is 15.1. The first-order valence-electron chi connectivity index (χ1n) is 7.62. The molecule has 0 bridgehead atoms. The smallest absolute Gasteiger partial charge is 0.0771 e. The standard InChI is InChI=1S/C19H28Si/c1-14-8-11-18(15(2)12-14)19(3,4)16-9-10-17(13-16)20(5,6)7/h8,10-13H,9H2,1-7H3. The number of benzene rings is 1. The number of rotatable bonds is 3. The first-order valence-corrected chi connectivity index (χ1v) is 11.1. The van der Waals surface area contributed by atoms with E-state index in [0.29, 0.717) is 0 Å². The zero-order chi connectivity index (χ0) is 15.1. The molecule has 0 saturated heterocycles. The predicted molar refractivity (Wildman–Crippen MR) is 93.1 cm³/mol. The van der Waals surface area contributed by atoms with E-state index in [9.17, 15) is 0 Å². The van der Waals surface area contributed by atoms with Crippen LogP contribution in [0.2, 0.25) is 19.6 Å². The van der Waals surface area contributed by atoms with Gasteiger partial charge in [-0.2, -0.15) is 0 Å². The van der Waals surface area contributed by atoms with E-state index in [1.807, 2.05) is 0 Å². The molecule has 0 aliphatic heterocycles. The van der Waals surface area contributed by atoms with Crippen molar-refractivity contribution in [2.75, 3.05) is 0 Å². The van der Waals surface area contributed by atoms with Gasteiger partial charge >= 0.3 is 0 Å². The molecule has 0 fully saturated rings. The van der Waals surface area contributed by atoms with Gasteiger partial charge in [-0.05, 0) is 31.4 Å². The van der Waals surface area contributed by atoms with Crippen LogP contribution in [0.5, 0.6) is 0 Å². The summed E-state index contributed by atoms with van der Waals surface area (Å²) in [5.74, 6) is 0. The SMILES string of the molecule is Cc1ccc(C(C)(C)C2=CC([Si](C)(C)C)=CC2)c(C)c1. The molecule has 1 aromatic carbocycles. The summed E-state index contributed by atoms with van der Waals surface area (Å²) in [6.07, 6.45) is 6.08. The highest BCUT2D eigenvalue weighted by Gasteiger charge is 2.31. The van der Waals surface area contributed by atoms with Gasteiger partial charge in [0.05, 0.1) is 8.07 Å². The predicted octanol–water partition coefficient (Wildman–Crippen LogP) is 5.71. The van der Waals surface area contributed by atoms with Gasteiger partial charge in [0, 0.05) is 5.41 Å². The zero-order valence-electron chi connectivity index (χ0n) is 14.1. The highest BCUT2D eigenvalue weighted by Crippen LogP contribution is 2.40. The Morgan fingerprint density at radius 1 is 1.05 bits per heavy atom. The lowest BCUT2D eigenvalue weighted by Gasteiger charge is -2.29. The Balaban J connectivity index is 2.38. The fourth-order valence-corrected chi connectivity index (χ4v) is 4.49. The van der Waals surface area contributed by atoms with Gasteiger partial charge < -0.3 is 0 Å². The molecule has 20 heavy (non-hydrogen) atoms. The second kappa shape index (κ2) is 5.03. The molecule has 0 radical (unpaired) electrons. The Morgan fingerprint density at radius 3 is 2.20 bits per heavy atom. The van der Waals surface area contributed by atoms with Gasteiger partial charge in [0.1, 0.15) is 0 Å². The monoisotopic (exact) mass is 284 g/mol. The number of hydrogen-bond acceptors (Lipinski definition) is 0. The van der Waals surface area contributed by atoms with Crippen LogP contribution < -0.4 is 0 Å². The molecular formula is C19H28Si. The van der Waals surface area contributed by atoms with Crippen LogP contribution in [0, 0.1) is 13.8 Å². The molecule has 0 heterocycles. The summed E-state index contributed by atoms with van der Waals surface area (Å²) in [6, 6.07) is 6.86. The minimum atomic E-state index is -1.18. The lowest BCUT2D eigenvalue weighted by Crippen LogP contribution is -2.23. The van der Waals surface area contributed by atoms with Gasteiger partial charge in [-0.3, -0.25) is 0 Å². The van der Waals surface area contributed by atoms with E-state index in [1.165, 1.54) is 16.7 Å². The molecule has 2 rings (SSSR count). The van der Waals surface area contributed by atoms with E-state index in [-0.39, 0.29) is 5.41 Å². The van der Waals surface area contributed by atoms with E-state index in [0.717, 1.165) is 6.42 Å². The molecule has 0 amide bonds. The summed E-state index contributed by atoms with van der Waals surface area (Å²) in [7, 11) is -1.18. The molecule has 0 spiro atoms. The maximum Gasteiger partial charge on any atom is 0.0771 e. The maximum absolute atomic E-state index is 2.49. The third kappa shape index (κ3) is 2.83. The molecule has 0 atom stereocenters. The Kier molecular flexibility index (Phi) is 3.85. The Morgan fingerprint density at radius 2 is 1.70 bits per heavy atom. The van der Waals surface area contributed by atoms with Crippen LogP contribution in [0.1, 0.15) is 37.0 Å². The first-order chi connectivity index (χ1) is 9.12. The van der Waals surface area contributed by atoms with Crippen LogP contribution in [-0.4, -0.2) is 8.07 Å². The number of aryl methyl sites for hydroxylation is 2. The van der Waals surface area contributed by atoms with E-state index in [1.54, 1.807) is 10.8 Å². The van der Waals surface area contributed by atoms with Crippen LogP contribution in [0.4, 0.5) is 0 Å². The van der Waals surface area contributed by atoms with E-state index in [4.69, 9.17) is 0 Å². The van der Waals surface area contributed by atoms with Crippen LogP contribution in [-0.2, 0) is 5.41 Å². The molecule has 0 unspecified atom stereocenters. The highest BCUT2D eigenvalue weighted by atomic mass is 28.3. The molecule has 1 aromatic rings. The summed E-state index contributed by atoms with van der Waals surface area (Å²) in [5.41, 5.74) is 5.94. The van der Waals surface area contributed by atoms with Crippen molar-refractivity contribution in [2.24, 2.45) is 0 Å². The Hall–Kier alpha value is -1.08. The minimum absolute atomic E-state index is 0.135. The van der Waals surface area contributed by atoms with E-state index in [2.05, 4.69) is 77.7 Å². The van der Waals surface area contributed by atoms with Crippen molar-refractivity contribution in [3.63, 3.8) is 0 Å². The third-order valence-electron chi connectivity index (χ3n) is 4.60. The van der Waals surface area contributed by atoms with Crippen molar-refractivity contribution in [2.45, 2.75) is 59.2 Å². The fourth-order valence-electron chi connectivity index (χ4n) is 3.17. The normalized spacial score (nSPS) is 16.1. The second-order valence-electron chi connectivity index (χ2n) is 7.73. The van der Waals surface area contributed by atoms with Crippen LogP contribution in [0.25, 0.3) is 0 Å². The van der Waals surface area contributed by atoms with Gasteiger partial charge in [0.25, 0.3) is 0 Å². The molecule has 0 aromatic heterocycles. The summed E-state index contributed by atoms with van der Waals surface area (Å²) >= 11 is 0. The first kappa shape index (κ1) is 15.3. The average molecular weight is 285 g/mol. The average Bonchev–Trinajstić information content (AvgIpc) is 2.77. The van der Waals surface area contributed by atoms with Gasteiger partial charge in [0.15, 0.2) is 0 Å². The maximum atomic E-state index is 2.49. The minimum Gasteiger partial charge on any atom is -0.0812 e. The van der Waals surface area contributed by atoms with Crippen LogP contribution >= 0.6 is 0 Å². The van der Waals surface area contributed by atoms with Crippen molar-refractivity contribution in [3.05, 3.63) is 57.8 Å². The van der Waals surface area contributed by atoms with Crippen molar-refractivity contribution in [1.82, 2.24) is 0 Å². The molecular weight excluding hydrogens is 256 g/mol. The quantitative estimate of drug-likeness (QED) is 0.623. The van der Waals surface area contributed by atoms with Crippen molar-refractivity contribution >= 4 is 8.07 Å². The molecule has 1 aliphatic rings. The lowest BCUT2D eigenvalue weighted by molar-refractivity contribution is 0.609. The van der Waals surface area contributed by atoms with Gasteiger partial charge in [-0.15, -0.1) is 0 Å². The summed E-state index contributed by atoms with van der Waals surface area (Å²) < 4.78 is 0. The van der Waals surface area contributed by atoms with Crippen molar-refractivity contribution in [1.29, 1.82) is 0 Å². The Labute approximate surface area is 125 Å². The van der Waals surface area contributed by atoms with Gasteiger partial charge in [-0.1, -0.05) is 80.2 Å². The van der Waals surface area contributed by atoms with Crippen molar-refractivity contribution < 1.29 is 0 Å². The van der Waals surface area contributed by atoms with Gasteiger partial charge in [-0.25, -0.2) is 0 Å². The molecule has 0 N–H and O–H groups in total. The van der Waals surface area contributed by atoms with Gasteiger partial charge in [0.2, 0.25) is 0 Å². The largest absolute Gasteiger partial charge is 0.0812 e. The van der Waals surface area contributed by atoms with Crippen LogP contribution in [0.3, 0.4) is 0 Å². The third-order valence-corrected chi connectivity index (χ3v) is 6.68. The van der Waals surface area contributed by atoms with E-state index < -0.39 is 8.07 Å². The van der Waals surface area contributed by atoms with E-state index >= 15 is 0 Å². The number of allylic oxidation sites excluding steroid dienone is 4. The summed E-state index contributed by atoms with van der Waals surface area (Å²) in [4.78, 5) is 0.